The van der Waals surface area contributed by atoms with Crippen LogP contribution in [0.5, 0.6) is 0 Å². The van der Waals surface area contributed by atoms with Crippen LogP contribution >= 0.6 is 0 Å². The molecule has 6 heteroatoms. The van der Waals surface area contributed by atoms with Crippen LogP contribution in [0.4, 0.5) is 9.18 Å². The van der Waals surface area contributed by atoms with Crippen LogP contribution in [-0.4, -0.2) is 35.1 Å². The first-order valence-corrected chi connectivity index (χ1v) is 6.32. The van der Waals surface area contributed by atoms with Gasteiger partial charge in [-0.3, -0.25) is 4.79 Å². The van der Waals surface area contributed by atoms with E-state index in [0.29, 0.717) is 11.1 Å². The number of nitrogens with one attached hydrogen (secondary N) is 1. The van der Waals surface area contributed by atoms with Gasteiger partial charge in [-0.2, -0.15) is 0 Å². The summed E-state index contributed by atoms with van der Waals surface area (Å²) in [4.78, 5) is 23.6. The average molecular weight is 292 g/mol. The summed E-state index contributed by atoms with van der Waals surface area (Å²) in [5.74, 6) is 0.706. The van der Waals surface area contributed by atoms with Gasteiger partial charge in [0.1, 0.15) is 12.4 Å². The molecule has 1 aromatic rings. The lowest BCUT2D eigenvalue weighted by Crippen LogP contribution is -2.43. The van der Waals surface area contributed by atoms with Gasteiger partial charge in [0, 0.05) is 0 Å². The number of benzene rings is 1. The molecule has 0 saturated heterocycles. The third-order valence-corrected chi connectivity index (χ3v) is 2.93. The number of nitrogens with zero attached hydrogens (tertiary/aromatic N) is 1. The predicted octanol–water partition coefficient (Wildman–Crippen LogP) is 1.92. The van der Waals surface area contributed by atoms with Gasteiger partial charge in [0.25, 0.3) is 0 Å². The number of amides is 2. The third-order valence-electron chi connectivity index (χ3n) is 2.93. The Kier molecular flexibility index (Phi) is 5.73. The fourth-order valence-corrected chi connectivity index (χ4v) is 1.71. The molecule has 0 aromatic heterocycles. The van der Waals surface area contributed by atoms with Crippen molar-refractivity contribution < 1.29 is 19.1 Å². The van der Waals surface area contributed by atoms with Gasteiger partial charge < -0.3 is 15.3 Å². The Hall–Kier alpha value is -2.55. The van der Waals surface area contributed by atoms with Crippen molar-refractivity contribution >= 4 is 12.0 Å². The van der Waals surface area contributed by atoms with Gasteiger partial charge in [-0.25, -0.2) is 9.18 Å². The zero-order valence-corrected chi connectivity index (χ0v) is 11.9. The van der Waals surface area contributed by atoms with Gasteiger partial charge in [0.05, 0.1) is 12.6 Å². The largest absolute Gasteiger partial charge is 0.480 e. The maximum atomic E-state index is 13.5. The summed E-state index contributed by atoms with van der Waals surface area (Å²) < 4.78 is 13.5. The van der Waals surface area contributed by atoms with Gasteiger partial charge in [-0.15, -0.1) is 6.42 Å². The molecule has 0 heterocycles. The van der Waals surface area contributed by atoms with Crippen molar-refractivity contribution in [2.24, 2.45) is 0 Å². The van der Waals surface area contributed by atoms with E-state index in [9.17, 15) is 14.0 Å². The van der Waals surface area contributed by atoms with Crippen molar-refractivity contribution in [3.8, 4) is 12.3 Å². The van der Waals surface area contributed by atoms with E-state index in [1.807, 2.05) is 0 Å². The van der Waals surface area contributed by atoms with Gasteiger partial charge >= 0.3 is 12.0 Å². The molecule has 0 aliphatic heterocycles. The third kappa shape index (κ3) is 4.80. The van der Waals surface area contributed by atoms with Crippen molar-refractivity contribution in [1.29, 1.82) is 0 Å². The van der Waals surface area contributed by atoms with E-state index >= 15 is 0 Å². The number of hydrogen-bond acceptors (Lipinski definition) is 2. The number of halogens is 1. The maximum Gasteiger partial charge on any atom is 0.323 e. The van der Waals surface area contributed by atoms with Crippen LogP contribution in [0.3, 0.4) is 0 Å². The van der Waals surface area contributed by atoms with Crippen molar-refractivity contribution in [3.63, 3.8) is 0 Å². The predicted molar refractivity (Wildman–Crippen MR) is 76.1 cm³/mol. The summed E-state index contributed by atoms with van der Waals surface area (Å²) in [6, 6.07) is 3.57. The molecule has 2 amide bonds. The molecule has 1 aromatic carbocycles. The number of hydrogen-bond donors (Lipinski definition) is 2. The van der Waals surface area contributed by atoms with Crippen molar-refractivity contribution in [2.45, 2.75) is 19.9 Å². The smallest absolute Gasteiger partial charge is 0.323 e. The van der Waals surface area contributed by atoms with Crippen LogP contribution in [0.25, 0.3) is 0 Å². The molecular formula is C15H17FN2O3. The fraction of sp³-hybridized carbons (Fsp3) is 0.333. The molecule has 5 nitrogen and oxygen atoms in total. The van der Waals surface area contributed by atoms with Crippen molar-refractivity contribution in [3.05, 3.63) is 35.1 Å². The normalized spacial score (nSPS) is 11.3. The minimum atomic E-state index is -1.16. The van der Waals surface area contributed by atoms with Crippen LogP contribution in [0.2, 0.25) is 0 Å². The number of aryl methyl sites for hydroxylation is 1. The van der Waals surface area contributed by atoms with E-state index in [0.717, 1.165) is 4.90 Å². The summed E-state index contributed by atoms with van der Waals surface area (Å²) in [5, 5.41) is 11.3. The first-order valence-electron chi connectivity index (χ1n) is 6.32. The molecule has 0 bridgehead atoms. The van der Waals surface area contributed by atoms with E-state index in [4.69, 9.17) is 11.5 Å². The molecule has 1 atom stereocenters. The number of terminal acetylenes is 1. The van der Waals surface area contributed by atoms with Gasteiger partial charge in [0.15, 0.2) is 0 Å². The Labute approximate surface area is 122 Å². The van der Waals surface area contributed by atoms with Gasteiger partial charge in [0.2, 0.25) is 0 Å². The first kappa shape index (κ1) is 16.5. The lowest BCUT2D eigenvalue weighted by Gasteiger charge is -2.22. The van der Waals surface area contributed by atoms with Crippen LogP contribution in [0, 0.1) is 25.1 Å². The summed E-state index contributed by atoms with van der Waals surface area (Å²) in [6.07, 6.45) is 5.11. The number of carbonyl (C=O) groups excluding carboxylic acids is 1. The number of aliphatic carboxylic acids is 1. The minimum Gasteiger partial charge on any atom is -0.480 e. The van der Waals surface area contributed by atoms with E-state index in [1.165, 1.54) is 6.07 Å². The highest BCUT2D eigenvalue weighted by molar-refractivity contribution is 5.80. The highest BCUT2D eigenvalue weighted by atomic mass is 19.1. The molecule has 0 aliphatic rings. The van der Waals surface area contributed by atoms with Crippen LogP contribution in [0.1, 0.15) is 24.1 Å². The Morgan fingerprint density at radius 2 is 2.19 bits per heavy atom. The molecule has 21 heavy (non-hydrogen) atoms. The second-order valence-corrected chi connectivity index (χ2v) is 4.63. The molecule has 1 unspecified atom stereocenters. The topological polar surface area (TPSA) is 69.6 Å². The summed E-state index contributed by atoms with van der Waals surface area (Å²) in [7, 11) is 0. The molecule has 2 N–H and O–H groups in total. The Balaban J connectivity index is 2.77. The minimum absolute atomic E-state index is 0.118. The fourth-order valence-electron chi connectivity index (χ4n) is 1.71. The quantitative estimate of drug-likeness (QED) is 0.815. The highest BCUT2D eigenvalue weighted by Crippen LogP contribution is 2.16. The second kappa shape index (κ2) is 7.29. The van der Waals surface area contributed by atoms with E-state index in [-0.39, 0.29) is 12.4 Å². The van der Waals surface area contributed by atoms with Gasteiger partial charge in [-0.05, 0) is 31.0 Å². The van der Waals surface area contributed by atoms with E-state index in [2.05, 4.69) is 11.2 Å². The monoisotopic (exact) mass is 292 g/mol. The SMILES string of the molecule is C#CCN(CC(=O)O)C(=O)NC(C)c1ccc(C)c(F)c1. The lowest BCUT2D eigenvalue weighted by molar-refractivity contribution is -0.137. The van der Waals surface area contributed by atoms with Crippen molar-refractivity contribution in [2.75, 3.05) is 13.1 Å². The molecule has 0 aliphatic carbocycles. The first-order chi connectivity index (χ1) is 9.85. The van der Waals surface area contributed by atoms with Crippen molar-refractivity contribution in [1.82, 2.24) is 10.2 Å². The molecule has 1 rings (SSSR count). The molecule has 0 radical (unpaired) electrons. The maximum absolute atomic E-state index is 13.5. The Morgan fingerprint density at radius 1 is 1.52 bits per heavy atom. The highest BCUT2D eigenvalue weighted by Gasteiger charge is 2.18. The molecule has 0 spiro atoms. The number of carbonyl (C=O) groups is 2. The van der Waals surface area contributed by atoms with Gasteiger partial charge in [-0.1, -0.05) is 18.1 Å². The summed E-state index contributed by atoms with van der Waals surface area (Å²) >= 11 is 0. The second-order valence-electron chi connectivity index (χ2n) is 4.63. The number of carboxylic acid groups (broad SMARTS) is 1. The molecule has 0 fully saturated rings. The Morgan fingerprint density at radius 3 is 2.71 bits per heavy atom. The van der Waals surface area contributed by atoms with Crippen LogP contribution in [-0.2, 0) is 4.79 Å². The Bertz CT molecular complexity index is 581. The summed E-state index contributed by atoms with van der Waals surface area (Å²) in [6.45, 7) is 2.71. The average Bonchev–Trinajstić information content (AvgIpc) is 2.40. The molecular weight excluding hydrogens is 275 g/mol. The summed E-state index contributed by atoms with van der Waals surface area (Å²) in [5.41, 5.74) is 1.10. The zero-order valence-electron chi connectivity index (χ0n) is 11.9. The zero-order chi connectivity index (χ0) is 16.0. The van der Waals surface area contributed by atoms with Crippen LogP contribution in [0.15, 0.2) is 18.2 Å². The number of urea groups is 1. The van der Waals surface area contributed by atoms with E-state index in [1.54, 1.807) is 26.0 Å². The number of carboxylic acids is 1. The molecule has 0 saturated carbocycles. The number of rotatable bonds is 5. The molecule has 112 valence electrons. The van der Waals surface area contributed by atoms with Crippen LogP contribution < -0.4 is 5.32 Å². The lowest BCUT2D eigenvalue weighted by atomic mass is 10.1. The standard InChI is InChI=1S/C15H17FN2O3/c1-4-7-18(9-14(19)20)15(21)17-11(3)12-6-5-10(2)13(16)8-12/h1,5-6,8,11H,7,9H2,2-3H3,(H,17,21)(H,19,20). The van der Waals surface area contributed by atoms with E-state index < -0.39 is 24.6 Å².